The van der Waals surface area contributed by atoms with Crippen molar-refractivity contribution in [3.8, 4) is 0 Å². The fraction of sp³-hybridized carbons (Fsp3) is 0.485. The number of rotatable bonds is 8. The molecule has 0 spiro atoms. The zero-order chi connectivity index (χ0) is 28.9. The SMILES string of the molecule is Cc1cnc(CN(Cc2ncccc2C(C)Cc2ccc(Cl)cc2)C2CCN(C(=O)OC(C)(C)C)CC2)c(C)c1. The largest absolute Gasteiger partial charge is 0.444 e. The van der Waals surface area contributed by atoms with E-state index in [0.29, 0.717) is 25.0 Å². The number of carbonyl (C=O) groups excluding carboxylic acids is 1. The molecule has 1 atom stereocenters. The summed E-state index contributed by atoms with van der Waals surface area (Å²) < 4.78 is 5.63. The Morgan fingerprint density at radius 3 is 2.40 bits per heavy atom. The Bertz CT molecular complexity index is 1280. The van der Waals surface area contributed by atoms with Crippen LogP contribution >= 0.6 is 11.6 Å². The van der Waals surface area contributed by atoms with Crippen LogP contribution in [0.3, 0.4) is 0 Å². The number of piperidine rings is 1. The van der Waals surface area contributed by atoms with Crippen LogP contribution in [0.25, 0.3) is 0 Å². The van der Waals surface area contributed by atoms with Gasteiger partial charge in [-0.2, -0.15) is 0 Å². The Labute approximate surface area is 244 Å². The molecule has 0 N–H and O–H groups in total. The number of carbonyl (C=O) groups is 1. The molecule has 1 aliphatic heterocycles. The number of hydrogen-bond acceptors (Lipinski definition) is 5. The Morgan fingerprint density at radius 1 is 1.07 bits per heavy atom. The summed E-state index contributed by atoms with van der Waals surface area (Å²) in [6.07, 6.45) is 6.30. The summed E-state index contributed by atoms with van der Waals surface area (Å²) in [6.45, 7) is 15.0. The van der Waals surface area contributed by atoms with Gasteiger partial charge in [0.15, 0.2) is 0 Å². The van der Waals surface area contributed by atoms with Gasteiger partial charge in [-0.05, 0) is 100 Å². The number of halogens is 1. The van der Waals surface area contributed by atoms with Gasteiger partial charge in [0.25, 0.3) is 0 Å². The van der Waals surface area contributed by atoms with E-state index in [1.807, 2.05) is 56.3 Å². The topological polar surface area (TPSA) is 58.6 Å². The molecule has 1 aliphatic rings. The number of nitrogens with zero attached hydrogens (tertiary/aromatic N) is 4. The predicted octanol–water partition coefficient (Wildman–Crippen LogP) is 7.49. The van der Waals surface area contributed by atoms with Crippen LogP contribution in [0.4, 0.5) is 4.79 Å². The summed E-state index contributed by atoms with van der Waals surface area (Å²) >= 11 is 6.11. The van der Waals surface area contributed by atoms with E-state index in [1.165, 1.54) is 22.3 Å². The van der Waals surface area contributed by atoms with Crippen molar-refractivity contribution in [3.63, 3.8) is 0 Å². The number of aromatic nitrogens is 2. The van der Waals surface area contributed by atoms with E-state index in [2.05, 4.69) is 49.9 Å². The first-order valence-electron chi connectivity index (χ1n) is 14.3. The smallest absolute Gasteiger partial charge is 0.410 e. The Hall–Kier alpha value is -2.96. The minimum absolute atomic E-state index is 0.225. The first-order valence-corrected chi connectivity index (χ1v) is 14.7. The molecule has 3 aromatic rings. The minimum Gasteiger partial charge on any atom is -0.444 e. The molecule has 1 aromatic carbocycles. The summed E-state index contributed by atoms with van der Waals surface area (Å²) in [4.78, 5) is 26.7. The molecule has 40 heavy (non-hydrogen) atoms. The number of ether oxygens (including phenoxy) is 1. The summed E-state index contributed by atoms with van der Waals surface area (Å²) in [7, 11) is 0. The first kappa shape index (κ1) is 30.0. The maximum atomic E-state index is 12.7. The van der Waals surface area contributed by atoms with Crippen LogP contribution < -0.4 is 0 Å². The van der Waals surface area contributed by atoms with Crippen LogP contribution in [-0.4, -0.2) is 50.6 Å². The van der Waals surface area contributed by atoms with E-state index in [0.717, 1.165) is 48.8 Å². The molecule has 2 aromatic heterocycles. The van der Waals surface area contributed by atoms with Crippen LogP contribution in [0, 0.1) is 13.8 Å². The number of hydrogen-bond donors (Lipinski definition) is 0. The monoisotopic (exact) mass is 562 g/mol. The maximum Gasteiger partial charge on any atom is 0.410 e. The fourth-order valence-corrected chi connectivity index (χ4v) is 5.59. The van der Waals surface area contributed by atoms with Gasteiger partial charge in [0.2, 0.25) is 0 Å². The van der Waals surface area contributed by atoms with E-state index in [4.69, 9.17) is 26.3 Å². The molecule has 214 valence electrons. The van der Waals surface area contributed by atoms with Crippen LogP contribution in [0.1, 0.15) is 80.1 Å². The van der Waals surface area contributed by atoms with Crippen LogP contribution in [0.5, 0.6) is 0 Å². The van der Waals surface area contributed by atoms with Crippen LogP contribution in [-0.2, 0) is 24.2 Å². The number of amides is 1. The predicted molar refractivity (Wildman–Crippen MR) is 162 cm³/mol. The van der Waals surface area contributed by atoms with E-state index in [-0.39, 0.29) is 6.09 Å². The van der Waals surface area contributed by atoms with Gasteiger partial charge in [0.1, 0.15) is 5.60 Å². The number of benzene rings is 1. The van der Waals surface area contributed by atoms with Crippen molar-refractivity contribution < 1.29 is 9.53 Å². The zero-order valence-corrected chi connectivity index (χ0v) is 25.5. The average Bonchev–Trinajstić information content (AvgIpc) is 2.90. The summed E-state index contributed by atoms with van der Waals surface area (Å²) in [6, 6.07) is 14.9. The Kier molecular flexibility index (Phi) is 9.85. The molecule has 4 rings (SSSR count). The van der Waals surface area contributed by atoms with Crippen molar-refractivity contribution in [1.29, 1.82) is 0 Å². The fourth-order valence-electron chi connectivity index (χ4n) is 5.46. The summed E-state index contributed by atoms with van der Waals surface area (Å²) in [5, 5.41) is 0.756. The lowest BCUT2D eigenvalue weighted by Gasteiger charge is -2.39. The van der Waals surface area contributed by atoms with E-state index < -0.39 is 5.60 Å². The second-order valence-corrected chi connectivity index (χ2v) is 12.6. The highest BCUT2D eigenvalue weighted by atomic mass is 35.5. The normalized spacial score (nSPS) is 15.3. The number of aryl methyl sites for hydroxylation is 2. The number of pyridine rings is 2. The molecule has 0 radical (unpaired) electrons. The van der Waals surface area contributed by atoms with Crippen LogP contribution in [0.15, 0.2) is 54.9 Å². The van der Waals surface area contributed by atoms with E-state index >= 15 is 0 Å². The highest BCUT2D eigenvalue weighted by Crippen LogP contribution is 2.28. The van der Waals surface area contributed by atoms with E-state index in [9.17, 15) is 4.79 Å². The number of likely N-dealkylation sites (tertiary alicyclic amines) is 1. The third-order valence-electron chi connectivity index (χ3n) is 7.57. The average molecular weight is 563 g/mol. The highest BCUT2D eigenvalue weighted by Gasteiger charge is 2.31. The molecule has 0 aliphatic carbocycles. The van der Waals surface area contributed by atoms with Crippen molar-refractivity contribution in [3.05, 3.63) is 93.5 Å². The second kappa shape index (κ2) is 13.1. The molecule has 6 nitrogen and oxygen atoms in total. The van der Waals surface area contributed by atoms with Crippen LogP contribution in [0.2, 0.25) is 5.02 Å². The highest BCUT2D eigenvalue weighted by molar-refractivity contribution is 6.30. The van der Waals surface area contributed by atoms with E-state index in [1.54, 1.807) is 0 Å². The van der Waals surface area contributed by atoms with Gasteiger partial charge in [-0.25, -0.2) is 4.79 Å². The molecule has 0 bridgehead atoms. The third kappa shape index (κ3) is 8.28. The first-order chi connectivity index (χ1) is 19.0. The van der Waals surface area contributed by atoms with Gasteiger partial charge in [-0.3, -0.25) is 14.9 Å². The van der Waals surface area contributed by atoms with Gasteiger partial charge in [0.05, 0.1) is 11.4 Å². The molecule has 7 heteroatoms. The maximum absolute atomic E-state index is 12.7. The van der Waals surface area contributed by atoms with Crippen molar-refractivity contribution >= 4 is 17.7 Å². The molecule has 1 saturated heterocycles. The van der Waals surface area contributed by atoms with Crippen molar-refractivity contribution in [1.82, 2.24) is 19.8 Å². The lowest BCUT2D eigenvalue weighted by Crippen LogP contribution is -2.47. The van der Waals surface area contributed by atoms with Crippen molar-refractivity contribution in [2.75, 3.05) is 13.1 Å². The molecule has 3 heterocycles. The summed E-state index contributed by atoms with van der Waals surface area (Å²) in [5.41, 5.74) is 6.59. The van der Waals surface area contributed by atoms with Gasteiger partial charge < -0.3 is 9.64 Å². The van der Waals surface area contributed by atoms with Crippen molar-refractivity contribution in [2.45, 2.75) is 91.5 Å². The second-order valence-electron chi connectivity index (χ2n) is 12.2. The standard InChI is InChI=1S/C33H43ClN4O2/c1-23-18-25(3)30(36-20-23)21-38(28-13-16-37(17-14-28)32(39)40-33(4,5)6)22-31-29(8-7-15-35-31)24(2)19-26-9-11-27(34)12-10-26/h7-12,15,18,20,24,28H,13-14,16-17,19,21-22H2,1-6H3. The molecule has 1 fully saturated rings. The summed E-state index contributed by atoms with van der Waals surface area (Å²) in [5.74, 6) is 0.306. The van der Waals surface area contributed by atoms with Gasteiger partial charge in [0, 0.05) is 49.6 Å². The third-order valence-corrected chi connectivity index (χ3v) is 7.83. The van der Waals surface area contributed by atoms with Gasteiger partial charge in [-0.1, -0.05) is 42.8 Å². The Morgan fingerprint density at radius 2 is 1.75 bits per heavy atom. The van der Waals surface area contributed by atoms with Gasteiger partial charge >= 0.3 is 6.09 Å². The van der Waals surface area contributed by atoms with Gasteiger partial charge in [-0.15, -0.1) is 0 Å². The quantitative estimate of drug-likeness (QED) is 0.284. The minimum atomic E-state index is -0.493. The lowest BCUT2D eigenvalue weighted by molar-refractivity contribution is 0.0128. The molecular weight excluding hydrogens is 520 g/mol. The lowest BCUT2D eigenvalue weighted by atomic mass is 9.92. The molecular formula is C33H43ClN4O2. The zero-order valence-electron chi connectivity index (χ0n) is 24.8. The molecule has 1 unspecified atom stereocenters. The Balaban J connectivity index is 1.54. The molecule has 0 saturated carbocycles. The molecule has 1 amide bonds. The van der Waals surface area contributed by atoms with Crippen molar-refractivity contribution in [2.24, 2.45) is 0 Å².